The molecule has 0 radical (unpaired) electrons. The molecule has 0 aliphatic carbocycles. The molecule has 1 aromatic heterocycles. The Morgan fingerprint density at radius 2 is 2.33 bits per heavy atom. The van der Waals surface area contributed by atoms with Crippen LogP contribution >= 0.6 is 11.3 Å². The molecule has 0 amide bonds. The molecule has 0 unspecified atom stereocenters. The van der Waals surface area contributed by atoms with Crippen LogP contribution in [0.5, 0.6) is 0 Å². The van der Waals surface area contributed by atoms with E-state index in [9.17, 15) is 4.79 Å². The molecular weight excluding hydrogens is 212 g/mol. The number of carbonyl (C=O) groups is 1. The Hall–Kier alpha value is -0.940. The molecule has 1 fully saturated rings. The van der Waals surface area contributed by atoms with Gasteiger partial charge in [0.2, 0.25) is 0 Å². The van der Waals surface area contributed by atoms with Crippen LogP contribution in [-0.2, 0) is 6.42 Å². The predicted octanol–water partition coefficient (Wildman–Crippen LogP) is 1.38. The molecule has 1 aromatic rings. The molecule has 0 atom stereocenters. The standard InChI is InChI=1S/C10H14N2O2S/c13-10(14)8-6-12-9(15-8)5-7-1-3-11-4-2-7/h6-7,11H,1-5H2,(H,13,14). The van der Waals surface area contributed by atoms with Crippen LogP contribution in [0.2, 0.25) is 0 Å². The van der Waals surface area contributed by atoms with Gasteiger partial charge in [0.05, 0.1) is 11.2 Å². The van der Waals surface area contributed by atoms with Gasteiger partial charge in [-0.2, -0.15) is 0 Å². The van der Waals surface area contributed by atoms with E-state index in [2.05, 4.69) is 10.3 Å². The molecule has 2 rings (SSSR count). The van der Waals surface area contributed by atoms with Crippen LogP contribution < -0.4 is 5.32 Å². The predicted molar refractivity (Wildman–Crippen MR) is 58.4 cm³/mol. The summed E-state index contributed by atoms with van der Waals surface area (Å²) in [6.07, 6.45) is 4.73. The van der Waals surface area contributed by atoms with Gasteiger partial charge in [0.15, 0.2) is 0 Å². The van der Waals surface area contributed by atoms with Crippen molar-refractivity contribution in [1.82, 2.24) is 10.3 Å². The third kappa shape index (κ3) is 2.76. The normalized spacial score (nSPS) is 17.9. The number of aromatic carboxylic acids is 1. The number of aromatic nitrogens is 1. The van der Waals surface area contributed by atoms with Gasteiger partial charge in [-0.15, -0.1) is 11.3 Å². The maximum Gasteiger partial charge on any atom is 0.347 e. The molecule has 82 valence electrons. The summed E-state index contributed by atoms with van der Waals surface area (Å²) in [5, 5.41) is 13.0. The van der Waals surface area contributed by atoms with Crippen molar-refractivity contribution in [3.05, 3.63) is 16.1 Å². The van der Waals surface area contributed by atoms with Gasteiger partial charge < -0.3 is 10.4 Å². The lowest BCUT2D eigenvalue weighted by molar-refractivity contribution is 0.0702. The first kappa shape index (κ1) is 10.6. The number of hydrogen-bond acceptors (Lipinski definition) is 4. The minimum absolute atomic E-state index is 0.346. The molecule has 5 heteroatoms. The van der Waals surface area contributed by atoms with Crippen LogP contribution in [0.3, 0.4) is 0 Å². The molecule has 2 heterocycles. The topological polar surface area (TPSA) is 62.2 Å². The number of carboxylic acids is 1. The molecule has 1 saturated heterocycles. The minimum Gasteiger partial charge on any atom is -0.477 e. The average molecular weight is 226 g/mol. The Kier molecular flexibility index (Phi) is 3.33. The maximum atomic E-state index is 10.7. The van der Waals surface area contributed by atoms with Crippen LogP contribution in [0, 0.1) is 5.92 Å². The van der Waals surface area contributed by atoms with Crippen LogP contribution in [0.25, 0.3) is 0 Å². The summed E-state index contributed by atoms with van der Waals surface area (Å²) < 4.78 is 0. The van der Waals surface area contributed by atoms with Crippen molar-refractivity contribution in [1.29, 1.82) is 0 Å². The molecule has 0 bridgehead atoms. The Balaban J connectivity index is 1.94. The van der Waals surface area contributed by atoms with Crippen molar-refractivity contribution in [2.75, 3.05) is 13.1 Å². The fourth-order valence-corrected chi connectivity index (χ4v) is 2.71. The lowest BCUT2D eigenvalue weighted by Crippen LogP contribution is -2.28. The minimum atomic E-state index is -0.871. The fourth-order valence-electron chi connectivity index (χ4n) is 1.84. The van der Waals surface area contributed by atoms with Gasteiger partial charge in [-0.05, 0) is 31.8 Å². The first-order valence-corrected chi connectivity index (χ1v) is 5.96. The zero-order valence-electron chi connectivity index (χ0n) is 8.40. The van der Waals surface area contributed by atoms with E-state index in [1.54, 1.807) is 0 Å². The number of piperidine rings is 1. The summed E-state index contributed by atoms with van der Waals surface area (Å²) >= 11 is 1.30. The molecule has 1 aliphatic rings. The highest BCUT2D eigenvalue weighted by atomic mass is 32.1. The Morgan fingerprint density at radius 1 is 1.60 bits per heavy atom. The fraction of sp³-hybridized carbons (Fsp3) is 0.600. The third-order valence-corrected chi connectivity index (χ3v) is 3.69. The van der Waals surface area contributed by atoms with Crippen LogP contribution in [-0.4, -0.2) is 29.1 Å². The van der Waals surface area contributed by atoms with E-state index in [0.29, 0.717) is 10.8 Å². The second-order valence-electron chi connectivity index (χ2n) is 3.82. The molecule has 15 heavy (non-hydrogen) atoms. The van der Waals surface area contributed by atoms with E-state index in [1.807, 2.05) is 0 Å². The van der Waals surface area contributed by atoms with Crippen molar-refractivity contribution >= 4 is 17.3 Å². The molecular formula is C10H14N2O2S. The summed E-state index contributed by atoms with van der Waals surface area (Å²) in [6.45, 7) is 2.14. The van der Waals surface area contributed by atoms with Crippen molar-refractivity contribution in [2.45, 2.75) is 19.3 Å². The van der Waals surface area contributed by atoms with Gasteiger partial charge in [0.1, 0.15) is 4.88 Å². The molecule has 0 saturated carbocycles. The van der Waals surface area contributed by atoms with E-state index < -0.39 is 5.97 Å². The van der Waals surface area contributed by atoms with Gasteiger partial charge in [-0.3, -0.25) is 0 Å². The highest BCUT2D eigenvalue weighted by Gasteiger charge is 2.16. The highest BCUT2D eigenvalue weighted by molar-refractivity contribution is 7.13. The summed E-state index contributed by atoms with van der Waals surface area (Å²) in [4.78, 5) is 15.2. The van der Waals surface area contributed by atoms with E-state index in [4.69, 9.17) is 5.11 Å². The summed E-state index contributed by atoms with van der Waals surface area (Å²) in [7, 11) is 0. The second kappa shape index (κ2) is 4.72. The molecule has 2 N–H and O–H groups in total. The number of hydrogen-bond donors (Lipinski definition) is 2. The number of rotatable bonds is 3. The van der Waals surface area contributed by atoms with Crippen LogP contribution in [0.4, 0.5) is 0 Å². The summed E-state index contributed by atoms with van der Waals surface area (Å²) in [5.41, 5.74) is 0. The first-order chi connectivity index (χ1) is 7.25. The number of nitrogens with zero attached hydrogens (tertiary/aromatic N) is 1. The largest absolute Gasteiger partial charge is 0.477 e. The molecule has 0 aromatic carbocycles. The zero-order valence-corrected chi connectivity index (χ0v) is 9.22. The molecule has 1 aliphatic heterocycles. The zero-order chi connectivity index (χ0) is 10.7. The lowest BCUT2D eigenvalue weighted by atomic mass is 9.95. The SMILES string of the molecule is O=C(O)c1cnc(CC2CCNCC2)s1. The Bertz CT molecular complexity index is 345. The molecule has 4 nitrogen and oxygen atoms in total. The van der Waals surface area contributed by atoms with E-state index in [-0.39, 0.29) is 0 Å². The Labute approximate surface area is 92.3 Å². The third-order valence-electron chi connectivity index (χ3n) is 2.69. The second-order valence-corrected chi connectivity index (χ2v) is 4.94. The van der Waals surface area contributed by atoms with E-state index >= 15 is 0 Å². The Morgan fingerprint density at radius 3 is 2.93 bits per heavy atom. The van der Waals surface area contributed by atoms with Crippen molar-refractivity contribution in [3.8, 4) is 0 Å². The van der Waals surface area contributed by atoms with Crippen molar-refractivity contribution < 1.29 is 9.90 Å². The van der Waals surface area contributed by atoms with E-state index in [1.165, 1.54) is 30.4 Å². The van der Waals surface area contributed by atoms with Crippen LogP contribution in [0.1, 0.15) is 27.5 Å². The van der Waals surface area contributed by atoms with Crippen LogP contribution in [0.15, 0.2) is 6.20 Å². The maximum absolute atomic E-state index is 10.7. The summed E-state index contributed by atoms with van der Waals surface area (Å²) in [6, 6.07) is 0. The lowest BCUT2D eigenvalue weighted by Gasteiger charge is -2.21. The summed E-state index contributed by atoms with van der Waals surface area (Å²) in [5.74, 6) is -0.205. The number of thiazole rings is 1. The van der Waals surface area contributed by atoms with Gasteiger partial charge in [0, 0.05) is 6.42 Å². The quantitative estimate of drug-likeness (QED) is 0.817. The van der Waals surface area contributed by atoms with E-state index in [0.717, 1.165) is 24.5 Å². The van der Waals surface area contributed by atoms with Gasteiger partial charge >= 0.3 is 5.97 Å². The first-order valence-electron chi connectivity index (χ1n) is 5.14. The van der Waals surface area contributed by atoms with Crippen molar-refractivity contribution in [2.24, 2.45) is 5.92 Å². The van der Waals surface area contributed by atoms with Gasteiger partial charge in [0.25, 0.3) is 0 Å². The van der Waals surface area contributed by atoms with Gasteiger partial charge in [-0.1, -0.05) is 0 Å². The van der Waals surface area contributed by atoms with Crippen molar-refractivity contribution in [3.63, 3.8) is 0 Å². The molecule has 0 spiro atoms. The smallest absolute Gasteiger partial charge is 0.347 e. The highest BCUT2D eigenvalue weighted by Crippen LogP contribution is 2.21. The number of carboxylic acid groups (broad SMARTS) is 1. The number of nitrogens with one attached hydrogen (secondary N) is 1. The average Bonchev–Trinajstić information content (AvgIpc) is 2.68. The monoisotopic (exact) mass is 226 g/mol. The van der Waals surface area contributed by atoms with Gasteiger partial charge in [-0.25, -0.2) is 9.78 Å².